The smallest absolute Gasteiger partial charge is 0.339 e. The van der Waals surface area contributed by atoms with Crippen LogP contribution in [0.5, 0.6) is 5.75 Å². The fourth-order valence-corrected chi connectivity index (χ4v) is 4.57. The van der Waals surface area contributed by atoms with Gasteiger partial charge in [0.25, 0.3) is 0 Å². The number of amides is 2. The molecule has 1 unspecified atom stereocenters. The average molecular weight is 460 g/mol. The van der Waals surface area contributed by atoms with Gasteiger partial charge >= 0.3 is 5.97 Å². The zero-order chi connectivity index (χ0) is 22.3. The van der Waals surface area contributed by atoms with E-state index in [1.165, 1.54) is 19.2 Å². The molecule has 3 aromatic rings. The number of aromatic carboxylic acids is 1. The molecule has 31 heavy (non-hydrogen) atoms. The van der Waals surface area contributed by atoms with Gasteiger partial charge in [-0.1, -0.05) is 11.6 Å². The number of methoxy groups -OCH3 is 1. The van der Waals surface area contributed by atoms with E-state index in [0.717, 1.165) is 15.2 Å². The lowest BCUT2D eigenvalue weighted by Crippen LogP contribution is -2.28. The second-order valence-electron chi connectivity index (χ2n) is 7.12. The molecule has 0 aliphatic carbocycles. The zero-order valence-electron chi connectivity index (χ0n) is 16.6. The molecule has 1 aliphatic heterocycles. The van der Waals surface area contributed by atoms with Crippen LogP contribution in [-0.4, -0.2) is 41.5 Å². The third-order valence-electron chi connectivity index (χ3n) is 5.06. The molecule has 4 rings (SSSR count). The minimum absolute atomic E-state index is 0.0575. The summed E-state index contributed by atoms with van der Waals surface area (Å²) in [7, 11) is 1.33. The second-order valence-corrected chi connectivity index (χ2v) is 8.76. The first kappa shape index (κ1) is 21.1. The van der Waals surface area contributed by atoms with Gasteiger partial charge in [0.1, 0.15) is 11.3 Å². The molecular weight excluding hydrogens is 442 g/mol. The molecule has 1 atom stereocenters. The number of nitrogens with one attached hydrogen (secondary N) is 1. The topological polar surface area (TPSA) is 109 Å². The molecule has 1 saturated heterocycles. The van der Waals surface area contributed by atoms with Crippen LogP contribution in [0.25, 0.3) is 10.2 Å². The highest BCUT2D eigenvalue weighted by Crippen LogP contribution is 2.33. The van der Waals surface area contributed by atoms with Crippen molar-refractivity contribution in [2.75, 3.05) is 23.9 Å². The van der Waals surface area contributed by atoms with E-state index in [1.54, 1.807) is 16.2 Å². The highest BCUT2D eigenvalue weighted by atomic mass is 35.5. The Morgan fingerprint density at radius 2 is 2.10 bits per heavy atom. The molecule has 10 heteroatoms. The second kappa shape index (κ2) is 8.16. The number of anilines is 2. The number of ether oxygens (including phenoxy) is 1. The normalized spacial score (nSPS) is 16.0. The van der Waals surface area contributed by atoms with Gasteiger partial charge in [-0.15, -0.1) is 11.3 Å². The molecule has 1 aromatic heterocycles. The molecule has 0 radical (unpaired) electrons. The first-order valence-corrected chi connectivity index (χ1v) is 10.6. The van der Waals surface area contributed by atoms with E-state index in [1.807, 2.05) is 25.1 Å². The minimum atomic E-state index is -1.19. The lowest BCUT2D eigenvalue weighted by Gasteiger charge is -2.17. The van der Waals surface area contributed by atoms with Crippen molar-refractivity contribution in [1.82, 2.24) is 4.98 Å². The Hall–Kier alpha value is -3.17. The highest BCUT2D eigenvalue weighted by Gasteiger charge is 2.35. The summed E-state index contributed by atoms with van der Waals surface area (Å²) in [6, 6.07) is 8.20. The maximum Gasteiger partial charge on any atom is 0.339 e. The van der Waals surface area contributed by atoms with Crippen molar-refractivity contribution < 1.29 is 24.2 Å². The number of carbonyl (C=O) groups is 3. The summed E-state index contributed by atoms with van der Waals surface area (Å²) >= 11 is 7.73. The van der Waals surface area contributed by atoms with Crippen molar-refractivity contribution in [2.24, 2.45) is 5.92 Å². The summed E-state index contributed by atoms with van der Waals surface area (Å²) in [5, 5.41) is 12.9. The van der Waals surface area contributed by atoms with Crippen LogP contribution in [-0.2, 0) is 9.59 Å². The van der Waals surface area contributed by atoms with E-state index in [4.69, 9.17) is 16.3 Å². The number of aromatic nitrogens is 1. The average Bonchev–Trinajstić information content (AvgIpc) is 3.29. The predicted octanol–water partition coefficient (Wildman–Crippen LogP) is 3.96. The standard InChI is InChI=1S/C21H18ClN3O5S/c1-10-23-16-6-12(3-4-18(16)31-10)25-9-11(5-19(25)26)20(27)24-15-8-17(30-2)13(21(28)29)7-14(15)22/h3-4,6-8,11H,5,9H2,1-2H3,(H,24,27)(H,28,29). The number of thiazole rings is 1. The van der Waals surface area contributed by atoms with E-state index < -0.39 is 11.9 Å². The number of carboxylic acids is 1. The van der Waals surface area contributed by atoms with E-state index in [2.05, 4.69) is 10.3 Å². The van der Waals surface area contributed by atoms with Crippen LogP contribution in [0.3, 0.4) is 0 Å². The van der Waals surface area contributed by atoms with Crippen LogP contribution in [0.4, 0.5) is 11.4 Å². The Balaban J connectivity index is 1.52. The number of carboxylic acid groups (broad SMARTS) is 1. The van der Waals surface area contributed by atoms with Gasteiger partial charge in [0.15, 0.2) is 0 Å². The van der Waals surface area contributed by atoms with Crippen molar-refractivity contribution >= 4 is 62.3 Å². The summed E-state index contributed by atoms with van der Waals surface area (Å²) in [5.41, 5.74) is 1.63. The maximum atomic E-state index is 12.8. The van der Waals surface area contributed by atoms with Gasteiger partial charge in [-0.2, -0.15) is 0 Å². The van der Waals surface area contributed by atoms with Gasteiger partial charge < -0.3 is 20.1 Å². The predicted molar refractivity (Wildman–Crippen MR) is 118 cm³/mol. The monoisotopic (exact) mass is 459 g/mol. The molecule has 0 saturated carbocycles. The van der Waals surface area contributed by atoms with Crippen molar-refractivity contribution in [3.8, 4) is 5.75 Å². The maximum absolute atomic E-state index is 12.8. The molecule has 160 valence electrons. The van der Waals surface area contributed by atoms with Crippen LogP contribution < -0.4 is 15.0 Å². The number of hydrogen-bond donors (Lipinski definition) is 2. The Morgan fingerprint density at radius 1 is 1.32 bits per heavy atom. The summed E-state index contributed by atoms with van der Waals surface area (Å²) in [5.74, 6) is -2.24. The molecule has 8 nitrogen and oxygen atoms in total. The van der Waals surface area contributed by atoms with Gasteiger partial charge in [0, 0.05) is 24.7 Å². The molecule has 2 N–H and O–H groups in total. The minimum Gasteiger partial charge on any atom is -0.496 e. The van der Waals surface area contributed by atoms with E-state index >= 15 is 0 Å². The molecule has 2 aromatic carbocycles. The lowest BCUT2D eigenvalue weighted by atomic mass is 10.1. The molecule has 0 spiro atoms. The Bertz CT molecular complexity index is 1230. The van der Waals surface area contributed by atoms with E-state index in [-0.39, 0.29) is 46.8 Å². The summed E-state index contributed by atoms with van der Waals surface area (Å²) < 4.78 is 6.12. The summed E-state index contributed by atoms with van der Waals surface area (Å²) in [6.45, 7) is 2.15. The fourth-order valence-electron chi connectivity index (χ4n) is 3.55. The number of hydrogen-bond acceptors (Lipinski definition) is 6. The van der Waals surface area contributed by atoms with Gasteiger partial charge in [-0.05, 0) is 31.2 Å². The van der Waals surface area contributed by atoms with Crippen LogP contribution in [0.15, 0.2) is 30.3 Å². The first-order chi connectivity index (χ1) is 14.8. The van der Waals surface area contributed by atoms with Crippen LogP contribution >= 0.6 is 22.9 Å². The lowest BCUT2D eigenvalue weighted by molar-refractivity contribution is -0.122. The molecule has 1 fully saturated rings. The number of carbonyl (C=O) groups excluding carboxylic acids is 2. The van der Waals surface area contributed by atoms with Crippen molar-refractivity contribution in [3.63, 3.8) is 0 Å². The largest absolute Gasteiger partial charge is 0.496 e. The van der Waals surface area contributed by atoms with Gasteiger partial charge in [-0.3, -0.25) is 9.59 Å². The molecule has 2 amide bonds. The molecular formula is C21H18ClN3O5S. The number of aryl methyl sites for hydroxylation is 1. The fraction of sp³-hybridized carbons (Fsp3) is 0.238. The van der Waals surface area contributed by atoms with E-state index in [0.29, 0.717) is 5.69 Å². The van der Waals surface area contributed by atoms with Crippen LogP contribution in [0, 0.1) is 12.8 Å². The SMILES string of the molecule is COc1cc(NC(=O)C2CC(=O)N(c3ccc4sc(C)nc4c3)C2)c(Cl)cc1C(=O)O. The quantitative estimate of drug-likeness (QED) is 0.597. The number of halogens is 1. The molecule has 1 aliphatic rings. The molecule has 0 bridgehead atoms. The van der Waals surface area contributed by atoms with Gasteiger partial charge in [0.2, 0.25) is 11.8 Å². The Labute approximate surface area is 186 Å². The van der Waals surface area contributed by atoms with Gasteiger partial charge in [0.05, 0.1) is 39.0 Å². The van der Waals surface area contributed by atoms with Gasteiger partial charge in [-0.25, -0.2) is 9.78 Å². The number of rotatable bonds is 5. The third-order valence-corrected chi connectivity index (χ3v) is 6.33. The third kappa shape index (κ3) is 4.06. The zero-order valence-corrected chi connectivity index (χ0v) is 18.2. The van der Waals surface area contributed by atoms with Crippen LogP contribution in [0.1, 0.15) is 21.8 Å². The number of fused-ring (bicyclic) bond motifs is 1. The first-order valence-electron chi connectivity index (χ1n) is 9.36. The highest BCUT2D eigenvalue weighted by molar-refractivity contribution is 7.18. The van der Waals surface area contributed by atoms with E-state index in [9.17, 15) is 19.5 Å². The van der Waals surface area contributed by atoms with Crippen LogP contribution in [0.2, 0.25) is 5.02 Å². The summed E-state index contributed by atoms with van der Waals surface area (Å²) in [4.78, 5) is 42.7. The van der Waals surface area contributed by atoms with Crippen molar-refractivity contribution in [1.29, 1.82) is 0 Å². The Morgan fingerprint density at radius 3 is 2.81 bits per heavy atom. The molecule has 2 heterocycles. The Kier molecular flexibility index (Phi) is 5.55. The van der Waals surface area contributed by atoms with Crippen molar-refractivity contribution in [2.45, 2.75) is 13.3 Å². The summed E-state index contributed by atoms with van der Waals surface area (Å²) in [6.07, 6.45) is 0.0575. The van der Waals surface area contributed by atoms with Crippen molar-refractivity contribution in [3.05, 3.63) is 45.9 Å². The number of nitrogens with zero attached hydrogens (tertiary/aromatic N) is 2. The number of benzene rings is 2.